The Labute approximate surface area is 315 Å². The number of likely N-dealkylation sites (N-methyl/N-ethyl adjacent to an activating group) is 1. The maximum Gasteiger partial charge on any atom is 0.145 e. The van der Waals surface area contributed by atoms with Crippen LogP contribution >= 0.6 is 0 Å². The fourth-order valence-electron chi connectivity index (χ4n) is 7.53. The van der Waals surface area contributed by atoms with E-state index in [0.717, 1.165) is 73.7 Å². The number of fused-ring (bicyclic) bond motifs is 6. The number of aromatic nitrogens is 2. The number of hydrogen-bond acceptors (Lipinski definition) is 4. The standard InChI is InChI=1S/C49H39N5/c1-53-30-14-25-43-46-48(42-24-12-11-23-41(42)47(43)53)54(49(52-46)38-19-9-4-10-20-38)40-22-13-21-39(31-40)35-26-28-37(29-27-35)45(51-33-34-15-5-2-6-16-34)32-44(50)36-17-7-3-8-18-36/h2-29,31-33,44H,30,50H2,1H3/b45-32-,51-33+. The highest BCUT2D eigenvalue weighted by atomic mass is 15.1. The summed E-state index contributed by atoms with van der Waals surface area (Å²) in [5.74, 6) is 0.916. The summed E-state index contributed by atoms with van der Waals surface area (Å²) in [5.41, 5.74) is 19.4. The van der Waals surface area contributed by atoms with Crippen molar-refractivity contribution in [1.29, 1.82) is 0 Å². The van der Waals surface area contributed by atoms with Gasteiger partial charge in [0.2, 0.25) is 0 Å². The Hall–Kier alpha value is -6.82. The molecule has 7 aromatic carbocycles. The first-order chi connectivity index (χ1) is 26.6. The van der Waals surface area contributed by atoms with Crippen molar-refractivity contribution in [3.63, 3.8) is 0 Å². The molecule has 1 aliphatic heterocycles. The van der Waals surface area contributed by atoms with Crippen LogP contribution in [0, 0.1) is 0 Å². The molecule has 260 valence electrons. The van der Waals surface area contributed by atoms with E-state index in [4.69, 9.17) is 15.7 Å². The van der Waals surface area contributed by atoms with Crippen molar-refractivity contribution in [2.24, 2.45) is 10.7 Å². The average molecular weight is 698 g/mol. The summed E-state index contributed by atoms with van der Waals surface area (Å²) in [7, 11) is 2.16. The van der Waals surface area contributed by atoms with E-state index in [1.54, 1.807) is 0 Å². The van der Waals surface area contributed by atoms with E-state index in [-0.39, 0.29) is 6.04 Å². The first kappa shape index (κ1) is 33.0. The Morgan fingerprint density at radius 2 is 1.37 bits per heavy atom. The van der Waals surface area contributed by atoms with Gasteiger partial charge in [0, 0.05) is 47.4 Å². The molecular formula is C49H39N5. The van der Waals surface area contributed by atoms with Crippen LogP contribution in [-0.4, -0.2) is 29.4 Å². The minimum absolute atomic E-state index is 0.299. The molecule has 1 atom stereocenters. The molecule has 0 bridgehead atoms. The second-order valence-corrected chi connectivity index (χ2v) is 13.7. The summed E-state index contributed by atoms with van der Waals surface area (Å²) in [6.45, 7) is 0.867. The third-order valence-electron chi connectivity index (χ3n) is 10.2. The van der Waals surface area contributed by atoms with Crippen LogP contribution in [0.5, 0.6) is 0 Å². The van der Waals surface area contributed by atoms with Gasteiger partial charge >= 0.3 is 0 Å². The number of hydrogen-bond donors (Lipinski definition) is 1. The number of anilines is 1. The molecule has 0 amide bonds. The normalized spacial score (nSPS) is 13.5. The molecule has 0 aliphatic carbocycles. The maximum atomic E-state index is 6.70. The highest BCUT2D eigenvalue weighted by Crippen LogP contribution is 2.43. The predicted octanol–water partition coefficient (Wildman–Crippen LogP) is 11.1. The zero-order valence-corrected chi connectivity index (χ0v) is 30.0. The molecule has 5 nitrogen and oxygen atoms in total. The second-order valence-electron chi connectivity index (χ2n) is 13.7. The van der Waals surface area contributed by atoms with Gasteiger partial charge in [0.25, 0.3) is 0 Å². The van der Waals surface area contributed by atoms with Crippen LogP contribution in [0.2, 0.25) is 0 Å². The Balaban J connectivity index is 1.16. The Morgan fingerprint density at radius 3 is 2.13 bits per heavy atom. The van der Waals surface area contributed by atoms with Gasteiger partial charge in [-0.1, -0.05) is 164 Å². The van der Waals surface area contributed by atoms with Gasteiger partial charge in [-0.15, -0.1) is 0 Å². The third-order valence-corrected chi connectivity index (χ3v) is 10.2. The van der Waals surface area contributed by atoms with Gasteiger partial charge in [-0.3, -0.25) is 9.56 Å². The fraction of sp³-hybridized carbons (Fsp3) is 0.0612. The highest BCUT2D eigenvalue weighted by molar-refractivity contribution is 6.17. The van der Waals surface area contributed by atoms with E-state index in [9.17, 15) is 0 Å². The summed E-state index contributed by atoms with van der Waals surface area (Å²) < 4.78 is 2.34. The molecule has 0 saturated heterocycles. The zero-order valence-electron chi connectivity index (χ0n) is 30.0. The maximum absolute atomic E-state index is 6.70. The van der Waals surface area contributed by atoms with E-state index in [1.165, 1.54) is 16.5 Å². The van der Waals surface area contributed by atoms with E-state index in [0.29, 0.717) is 0 Å². The van der Waals surface area contributed by atoms with Crippen molar-refractivity contribution in [1.82, 2.24) is 9.55 Å². The van der Waals surface area contributed by atoms with Crippen molar-refractivity contribution in [2.75, 3.05) is 18.5 Å². The highest BCUT2D eigenvalue weighted by Gasteiger charge is 2.25. The number of imidazole rings is 1. The third kappa shape index (κ3) is 6.21. The van der Waals surface area contributed by atoms with Crippen LogP contribution in [0.15, 0.2) is 181 Å². The smallest absolute Gasteiger partial charge is 0.145 e. The lowest BCUT2D eigenvalue weighted by Crippen LogP contribution is -2.20. The monoisotopic (exact) mass is 697 g/mol. The SMILES string of the molecule is CN1CC=Cc2c1c1ccccc1c1c2nc(-c2ccccc2)n1-c1cccc(-c2ccc(C(=C/C(N)c3ccccc3)/N=C/c3ccccc3)cc2)c1. The van der Waals surface area contributed by atoms with Gasteiger partial charge in [-0.25, -0.2) is 4.98 Å². The molecule has 0 saturated carbocycles. The molecule has 1 aromatic heterocycles. The first-order valence-corrected chi connectivity index (χ1v) is 18.4. The minimum Gasteiger partial charge on any atom is -0.370 e. The molecule has 2 heterocycles. The van der Waals surface area contributed by atoms with E-state index in [2.05, 4.69) is 144 Å². The van der Waals surface area contributed by atoms with Crippen LogP contribution in [0.25, 0.3) is 61.8 Å². The average Bonchev–Trinajstić information content (AvgIpc) is 3.65. The Morgan fingerprint density at radius 1 is 0.704 bits per heavy atom. The van der Waals surface area contributed by atoms with Crippen molar-refractivity contribution in [3.8, 4) is 28.2 Å². The molecule has 5 heteroatoms. The van der Waals surface area contributed by atoms with E-state index >= 15 is 0 Å². The zero-order chi connectivity index (χ0) is 36.4. The number of benzene rings is 7. The molecule has 0 radical (unpaired) electrons. The molecule has 1 unspecified atom stereocenters. The van der Waals surface area contributed by atoms with Crippen LogP contribution in [-0.2, 0) is 0 Å². The van der Waals surface area contributed by atoms with Gasteiger partial charge < -0.3 is 10.6 Å². The first-order valence-electron chi connectivity index (χ1n) is 18.4. The quantitative estimate of drug-likeness (QED) is 0.161. The van der Waals surface area contributed by atoms with Gasteiger partial charge in [0.15, 0.2) is 0 Å². The minimum atomic E-state index is -0.299. The molecule has 0 spiro atoms. The van der Waals surface area contributed by atoms with Gasteiger partial charge in [0.1, 0.15) is 5.82 Å². The lowest BCUT2D eigenvalue weighted by molar-refractivity contribution is 0.911. The summed E-state index contributed by atoms with van der Waals surface area (Å²) in [4.78, 5) is 12.7. The molecule has 54 heavy (non-hydrogen) atoms. The lowest BCUT2D eigenvalue weighted by Gasteiger charge is -2.26. The van der Waals surface area contributed by atoms with Gasteiger partial charge in [0.05, 0.1) is 28.5 Å². The Kier molecular flexibility index (Phi) is 8.75. The molecule has 8 aromatic rings. The van der Waals surface area contributed by atoms with Gasteiger partial charge in [-0.2, -0.15) is 0 Å². The molecule has 1 aliphatic rings. The van der Waals surface area contributed by atoms with Crippen LogP contribution in [0.1, 0.15) is 28.3 Å². The largest absolute Gasteiger partial charge is 0.370 e. The molecular weight excluding hydrogens is 659 g/mol. The van der Waals surface area contributed by atoms with Crippen LogP contribution < -0.4 is 10.6 Å². The van der Waals surface area contributed by atoms with Crippen molar-refractivity contribution in [3.05, 3.63) is 198 Å². The molecule has 2 N–H and O–H groups in total. The molecule has 0 fully saturated rings. The van der Waals surface area contributed by atoms with Crippen LogP contribution in [0.4, 0.5) is 5.69 Å². The summed E-state index contributed by atoms with van der Waals surface area (Å²) >= 11 is 0. The number of rotatable bonds is 8. The predicted molar refractivity (Wildman–Crippen MR) is 227 cm³/mol. The second kappa shape index (κ2) is 14.3. The lowest BCUT2D eigenvalue weighted by atomic mass is 9.98. The van der Waals surface area contributed by atoms with Crippen molar-refractivity contribution < 1.29 is 0 Å². The molecule has 9 rings (SSSR count). The Bertz CT molecular complexity index is 2690. The fourth-order valence-corrected chi connectivity index (χ4v) is 7.53. The van der Waals surface area contributed by atoms with Crippen LogP contribution in [0.3, 0.4) is 0 Å². The van der Waals surface area contributed by atoms with E-state index < -0.39 is 0 Å². The number of aliphatic imine (C=N–C) groups is 1. The topological polar surface area (TPSA) is 59.4 Å². The summed E-state index contributed by atoms with van der Waals surface area (Å²) in [5, 5.41) is 2.41. The summed E-state index contributed by atoms with van der Waals surface area (Å²) in [6, 6.07) is 56.6. The van der Waals surface area contributed by atoms with Crippen molar-refractivity contribution in [2.45, 2.75) is 6.04 Å². The van der Waals surface area contributed by atoms with Gasteiger partial charge in [-0.05, 0) is 46.0 Å². The summed E-state index contributed by atoms with van der Waals surface area (Å²) in [6.07, 6.45) is 8.41. The number of nitrogens with two attached hydrogens (primary N) is 1. The van der Waals surface area contributed by atoms with E-state index in [1.807, 2.05) is 60.8 Å². The number of nitrogens with zero attached hydrogens (tertiary/aromatic N) is 4. The van der Waals surface area contributed by atoms with Crippen molar-refractivity contribution >= 4 is 45.5 Å².